The normalized spacial score (nSPS) is 29.0. The van der Waals surface area contributed by atoms with E-state index in [1.165, 1.54) is 24.0 Å². The first-order valence-electron chi connectivity index (χ1n) is 8.91. The van der Waals surface area contributed by atoms with Crippen molar-refractivity contribution in [2.24, 2.45) is 5.92 Å². The van der Waals surface area contributed by atoms with Crippen LogP contribution in [0.25, 0.3) is 5.57 Å². The molecule has 0 bridgehead atoms. The molecule has 0 amide bonds. The van der Waals surface area contributed by atoms with Crippen LogP contribution in [0.4, 0.5) is 0 Å². The van der Waals surface area contributed by atoms with Gasteiger partial charge < -0.3 is 15.0 Å². The minimum Gasteiger partial charge on any atom is -0.485 e. The minimum absolute atomic E-state index is 0.0497. The van der Waals surface area contributed by atoms with Crippen molar-refractivity contribution in [1.82, 2.24) is 15.2 Å². The Kier molecular flexibility index (Phi) is 3.90. The summed E-state index contributed by atoms with van der Waals surface area (Å²) in [5.41, 5.74) is 3.83. The maximum atomic E-state index is 6.38. The van der Waals surface area contributed by atoms with Gasteiger partial charge in [0.2, 0.25) is 0 Å². The van der Waals surface area contributed by atoms with Gasteiger partial charge >= 0.3 is 0 Å². The van der Waals surface area contributed by atoms with Gasteiger partial charge in [-0.05, 0) is 58.0 Å². The van der Waals surface area contributed by atoms with E-state index in [0.717, 1.165) is 50.5 Å². The lowest BCUT2D eigenvalue weighted by Gasteiger charge is -2.36. The Morgan fingerprint density at radius 2 is 2.17 bits per heavy atom. The zero-order valence-electron chi connectivity index (χ0n) is 14.3. The van der Waals surface area contributed by atoms with Crippen molar-refractivity contribution in [3.8, 4) is 5.75 Å². The summed E-state index contributed by atoms with van der Waals surface area (Å²) in [7, 11) is 2.17. The van der Waals surface area contributed by atoms with Gasteiger partial charge in [0.15, 0.2) is 0 Å². The quantitative estimate of drug-likeness (QED) is 0.910. The third-order valence-electron chi connectivity index (χ3n) is 5.78. The Bertz CT molecular complexity index is 621. The highest BCUT2D eigenvalue weighted by Crippen LogP contribution is 2.42. The molecule has 4 nitrogen and oxygen atoms in total. The second-order valence-electron chi connectivity index (χ2n) is 7.53. The molecule has 1 atom stereocenters. The molecule has 4 heterocycles. The molecule has 23 heavy (non-hydrogen) atoms. The summed E-state index contributed by atoms with van der Waals surface area (Å²) in [5, 5.41) is 3.45. The highest BCUT2D eigenvalue weighted by atomic mass is 16.5. The zero-order valence-corrected chi connectivity index (χ0v) is 14.3. The lowest BCUT2D eigenvalue weighted by molar-refractivity contribution is 0.0317. The molecular weight excluding hydrogens is 286 g/mol. The van der Waals surface area contributed by atoms with Gasteiger partial charge in [-0.3, -0.25) is 4.98 Å². The summed E-state index contributed by atoms with van der Waals surface area (Å²) in [6.07, 6.45) is 8.81. The second-order valence-corrected chi connectivity index (χ2v) is 7.53. The summed E-state index contributed by atoms with van der Waals surface area (Å²) in [6.45, 7) is 6.66. The maximum absolute atomic E-state index is 6.38. The summed E-state index contributed by atoms with van der Waals surface area (Å²) in [4.78, 5) is 7.03. The van der Waals surface area contributed by atoms with Crippen LogP contribution < -0.4 is 10.1 Å². The van der Waals surface area contributed by atoms with Gasteiger partial charge in [-0.15, -0.1) is 0 Å². The van der Waals surface area contributed by atoms with Crippen LogP contribution in [0.1, 0.15) is 37.4 Å². The van der Waals surface area contributed by atoms with E-state index in [4.69, 9.17) is 4.74 Å². The first-order valence-corrected chi connectivity index (χ1v) is 8.91. The predicted molar refractivity (Wildman–Crippen MR) is 92.7 cm³/mol. The third kappa shape index (κ3) is 2.90. The van der Waals surface area contributed by atoms with E-state index < -0.39 is 0 Å². The summed E-state index contributed by atoms with van der Waals surface area (Å²) in [5.74, 6) is 1.64. The zero-order chi connectivity index (χ0) is 15.9. The fourth-order valence-corrected chi connectivity index (χ4v) is 4.22. The van der Waals surface area contributed by atoms with Gasteiger partial charge in [-0.2, -0.15) is 0 Å². The van der Waals surface area contributed by atoms with Crippen molar-refractivity contribution >= 4 is 5.57 Å². The molecule has 1 aromatic rings. The first-order chi connectivity index (χ1) is 11.1. The van der Waals surface area contributed by atoms with Gasteiger partial charge in [-0.25, -0.2) is 0 Å². The smallest absolute Gasteiger partial charge is 0.141 e. The van der Waals surface area contributed by atoms with E-state index in [2.05, 4.69) is 41.3 Å². The van der Waals surface area contributed by atoms with E-state index in [1.807, 2.05) is 6.20 Å². The van der Waals surface area contributed by atoms with Crippen LogP contribution in [0.3, 0.4) is 0 Å². The van der Waals surface area contributed by atoms with E-state index >= 15 is 0 Å². The van der Waals surface area contributed by atoms with Gasteiger partial charge in [-0.1, -0.05) is 6.08 Å². The fraction of sp³-hybridized carbons (Fsp3) is 0.632. The second kappa shape index (κ2) is 5.91. The lowest BCUT2D eigenvalue weighted by atomic mass is 9.79. The number of rotatable bonds is 2. The van der Waals surface area contributed by atoms with Crippen LogP contribution in [-0.2, 0) is 6.42 Å². The fourth-order valence-electron chi connectivity index (χ4n) is 4.22. The number of ether oxygens (including phenoxy) is 1. The molecule has 0 saturated carbocycles. The number of pyridine rings is 1. The molecule has 1 N–H and O–H groups in total. The number of hydrogen-bond donors (Lipinski definition) is 1. The maximum Gasteiger partial charge on any atom is 0.141 e. The van der Waals surface area contributed by atoms with E-state index in [-0.39, 0.29) is 5.60 Å². The summed E-state index contributed by atoms with van der Waals surface area (Å²) >= 11 is 0. The van der Waals surface area contributed by atoms with Crippen LogP contribution in [-0.4, -0.2) is 48.7 Å². The van der Waals surface area contributed by atoms with Gasteiger partial charge in [0.25, 0.3) is 0 Å². The van der Waals surface area contributed by atoms with Crippen molar-refractivity contribution < 1.29 is 4.74 Å². The van der Waals surface area contributed by atoms with Crippen molar-refractivity contribution in [2.45, 2.75) is 38.2 Å². The molecule has 4 heteroatoms. The van der Waals surface area contributed by atoms with E-state index in [1.54, 1.807) is 0 Å². The van der Waals surface area contributed by atoms with E-state index in [9.17, 15) is 0 Å². The average Bonchev–Trinajstić information content (AvgIpc) is 2.93. The Balaban J connectivity index is 1.55. The standard InChI is InChI=1S/C19H27N3O/c1-19(16-3-7-20-8-4-16)12-15-11-17(21-13-18(15)23-19)14-5-9-22(2)10-6-14/h5,11,13,16,20H,3-4,6-10,12H2,1-2H3/t19-/m1/s1. The molecule has 1 aromatic heterocycles. The van der Waals surface area contributed by atoms with Crippen LogP contribution in [0.5, 0.6) is 5.75 Å². The molecule has 0 aromatic carbocycles. The van der Waals surface area contributed by atoms with Crippen molar-refractivity contribution in [1.29, 1.82) is 0 Å². The van der Waals surface area contributed by atoms with Gasteiger partial charge in [0.05, 0.1) is 11.9 Å². The van der Waals surface area contributed by atoms with Crippen molar-refractivity contribution in [3.63, 3.8) is 0 Å². The highest BCUT2D eigenvalue weighted by molar-refractivity contribution is 5.65. The SMILES string of the molecule is CN1CC=C(c2cc3c(cn2)O[C@@](C)(C2CCNCC2)C3)CC1. The van der Waals surface area contributed by atoms with Crippen molar-refractivity contribution in [3.05, 3.63) is 29.6 Å². The number of likely N-dealkylation sites (N-methyl/N-ethyl adjacent to an activating group) is 1. The molecule has 124 valence electrons. The molecule has 0 aliphatic carbocycles. The van der Waals surface area contributed by atoms with Crippen LogP contribution in [0.15, 0.2) is 18.3 Å². The van der Waals surface area contributed by atoms with Crippen LogP contribution in [0, 0.1) is 5.92 Å². The molecule has 1 saturated heterocycles. The number of fused-ring (bicyclic) bond motifs is 1. The topological polar surface area (TPSA) is 37.4 Å². The predicted octanol–water partition coefficient (Wildman–Crippen LogP) is 2.49. The monoisotopic (exact) mass is 313 g/mol. The molecule has 3 aliphatic heterocycles. The van der Waals surface area contributed by atoms with Crippen molar-refractivity contribution in [2.75, 3.05) is 33.2 Å². The number of aromatic nitrogens is 1. The number of nitrogens with zero attached hydrogens (tertiary/aromatic N) is 2. The molecule has 0 radical (unpaired) electrons. The molecule has 3 aliphatic rings. The Morgan fingerprint density at radius 3 is 2.91 bits per heavy atom. The van der Waals surface area contributed by atoms with E-state index in [0.29, 0.717) is 5.92 Å². The minimum atomic E-state index is -0.0497. The largest absolute Gasteiger partial charge is 0.485 e. The number of hydrogen-bond acceptors (Lipinski definition) is 4. The molecule has 4 rings (SSSR count). The summed E-state index contributed by atoms with van der Waals surface area (Å²) < 4.78 is 6.38. The Labute approximate surface area is 138 Å². The lowest BCUT2D eigenvalue weighted by Crippen LogP contribution is -2.44. The van der Waals surface area contributed by atoms with Crippen LogP contribution in [0.2, 0.25) is 0 Å². The van der Waals surface area contributed by atoms with Gasteiger partial charge in [0.1, 0.15) is 11.4 Å². The molecular formula is C19H27N3O. The molecule has 1 fully saturated rings. The molecule has 0 spiro atoms. The number of nitrogens with one attached hydrogen (secondary N) is 1. The highest BCUT2D eigenvalue weighted by Gasteiger charge is 2.42. The molecule has 0 unspecified atom stereocenters. The summed E-state index contributed by atoms with van der Waals surface area (Å²) in [6, 6.07) is 2.28. The van der Waals surface area contributed by atoms with Crippen LogP contribution >= 0.6 is 0 Å². The third-order valence-corrected chi connectivity index (χ3v) is 5.78. The average molecular weight is 313 g/mol. The Hall–Kier alpha value is -1.39. The first kappa shape index (κ1) is 15.2. The van der Waals surface area contributed by atoms with Gasteiger partial charge in [0, 0.05) is 31.0 Å². The Morgan fingerprint density at radius 1 is 1.35 bits per heavy atom. The number of piperidine rings is 1.